The Hall–Kier alpha value is -0.630. The van der Waals surface area contributed by atoms with Crippen molar-refractivity contribution in [3.8, 4) is 0 Å². The molecule has 0 spiro atoms. The van der Waals surface area contributed by atoms with Gasteiger partial charge >= 0.3 is 0 Å². The van der Waals surface area contributed by atoms with Gasteiger partial charge in [-0.1, -0.05) is 34.5 Å². The highest BCUT2D eigenvalue weighted by Gasteiger charge is 2.56. The Morgan fingerprint density at radius 3 is 2.33 bits per heavy atom. The highest BCUT2D eigenvalue weighted by Crippen LogP contribution is 2.58. The van der Waals surface area contributed by atoms with Gasteiger partial charge in [-0.05, 0) is 36.8 Å². The third-order valence-electron chi connectivity index (χ3n) is 3.84. The minimum atomic E-state index is 0.361. The molecule has 0 aliphatic heterocycles. The van der Waals surface area contributed by atoms with Gasteiger partial charge in [0, 0.05) is 16.0 Å². The summed E-state index contributed by atoms with van der Waals surface area (Å²) >= 11 is 3.38. The summed E-state index contributed by atoms with van der Waals surface area (Å²) in [7, 11) is 0. The van der Waals surface area contributed by atoms with Crippen molar-refractivity contribution in [1.82, 2.24) is 0 Å². The van der Waals surface area contributed by atoms with E-state index in [1.165, 1.54) is 19.3 Å². The summed E-state index contributed by atoms with van der Waals surface area (Å²) in [5.74, 6) is 2.18. The quantitative estimate of drug-likeness (QED) is 0.745. The second kappa shape index (κ2) is 3.44. The molecule has 1 aromatic carbocycles. The summed E-state index contributed by atoms with van der Waals surface area (Å²) in [6.45, 7) is 0. The molecule has 3 rings (SSSR count). The maximum absolute atomic E-state index is 12.1. The fourth-order valence-corrected chi connectivity index (χ4v) is 3.28. The minimum absolute atomic E-state index is 0.361. The molecule has 0 amide bonds. The molecule has 1 aromatic rings. The molecule has 15 heavy (non-hydrogen) atoms. The first-order chi connectivity index (χ1) is 7.27. The van der Waals surface area contributed by atoms with E-state index >= 15 is 0 Å². The van der Waals surface area contributed by atoms with Crippen molar-refractivity contribution in [3.63, 3.8) is 0 Å². The van der Waals surface area contributed by atoms with Crippen LogP contribution in [0.4, 0.5) is 0 Å². The summed E-state index contributed by atoms with van der Waals surface area (Å²) in [5, 5.41) is 0. The van der Waals surface area contributed by atoms with Crippen LogP contribution in [0.1, 0.15) is 29.6 Å². The van der Waals surface area contributed by atoms with Gasteiger partial charge < -0.3 is 0 Å². The average molecular weight is 265 g/mol. The van der Waals surface area contributed by atoms with Crippen LogP contribution in [-0.4, -0.2) is 5.78 Å². The van der Waals surface area contributed by atoms with E-state index in [2.05, 4.69) is 15.9 Å². The molecule has 1 nitrogen and oxygen atoms in total. The van der Waals surface area contributed by atoms with E-state index in [4.69, 9.17) is 0 Å². The van der Waals surface area contributed by atoms with Gasteiger partial charge in [-0.2, -0.15) is 0 Å². The maximum Gasteiger partial charge on any atom is 0.166 e. The Kier molecular flexibility index (Phi) is 2.20. The molecule has 2 unspecified atom stereocenters. The molecule has 2 heteroatoms. The number of fused-ring (bicyclic) bond motifs is 1. The summed E-state index contributed by atoms with van der Waals surface area (Å²) in [6, 6.07) is 7.76. The number of hydrogen-bond donors (Lipinski definition) is 0. The molecule has 0 saturated heterocycles. The van der Waals surface area contributed by atoms with Crippen LogP contribution in [0.15, 0.2) is 28.7 Å². The summed E-state index contributed by atoms with van der Waals surface area (Å²) in [4.78, 5) is 12.1. The molecule has 0 heterocycles. The fraction of sp³-hybridized carbons (Fsp3) is 0.462. The number of carbonyl (C=O) groups excluding carboxylic acids is 1. The van der Waals surface area contributed by atoms with Crippen molar-refractivity contribution in [3.05, 3.63) is 34.3 Å². The second-order valence-corrected chi connectivity index (χ2v) is 5.57. The molecule has 2 aliphatic carbocycles. The highest BCUT2D eigenvalue weighted by molar-refractivity contribution is 9.10. The molecule has 2 fully saturated rings. The Morgan fingerprint density at radius 2 is 1.73 bits per heavy atom. The lowest BCUT2D eigenvalue weighted by atomic mass is 10.0. The van der Waals surface area contributed by atoms with Gasteiger partial charge in [-0.15, -0.1) is 0 Å². The monoisotopic (exact) mass is 264 g/mol. The molecular formula is C13H13BrO. The molecule has 2 atom stereocenters. The molecule has 0 aromatic heterocycles. The first-order valence-corrected chi connectivity index (χ1v) is 6.36. The Balaban J connectivity index is 1.78. The number of rotatable bonds is 2. The molecule has 2 saturated carbocycles. The molecular weight excluding hydrogens is 252 g/mol. The largest absolute Gasteiger partial charge is 0.294 e. The Bertz CT molecular complexity index is 386. The normalized spacial score (nSPS) is 32.5. The van der Waals surface area contributed by atoms with Crippen LogP contribution in [0.3, 0.4) is 0 Å². The SMILES string of the molecule is O=C(c1ccc(Br)cc1)C1C2CCCC21. The maximum atomic E-state index is 12.1. The third-order valence-corrected chi connectivity index (χ3v) is 4.37. The summed E-state index contributed by atoms with van der Waals surface area (Å²) in [5.41, 5.74) is 0.887. The van der Waals surface area contributed by atoms with E-state index in [1.54, 1.807) is 0 Å². The predicted octanol–water partition coefficient (Wildman–Crippen LogP) is 3.68. The summed E-state index contributed by atoms with van der Waals surface area (Å²) in [6.07, 6.45) is 3.88. The lowest BCUT2D eigenvalue weighted by molar-refractivity contribution is 0.0951. The molecule has 0 bridgehead atoms. The smallest absolute Gasteiger partial charge is 0.166 e. The van der Waals surface area contributed by atoms with Crippen molar-refractivity contribution in [1.29, 1.82) is 0 Å². The van der Waals surface area contributed by atoms with Gasteiger partial charge in [-0.25, -0.2) is 0 Å². The highest BCUT2D eigenvalue weighted by atomic mass is 79.9. The van der Waals surface area contributed by atoms with E-state index in [0.717, 1.165) is 21.9 Å². The van der Waals surface area contributed by atoms with E-state index in [1.807, 2.05) is 24.3 Å². The van der Waals surface area contributed by atoms with Gasteiger partial charge in [0.05, 0.1) is 0 Å². The van der Waals surface area contributed by atoms with Crippen LogP contribution in [0.25, 0.3) is 0 Å². The summed E-state index contributed by atoms with van der Waals surface area (Å²) < 4.78 is 1.04. The number of Topliss-reactive ketones (excluding diaryl/α,β-unsaturated/α-hetero) is 1. The second-order valence-electron chi connectivity index (χ2n) is 4.66. The number of ketones is 1. The predicted molar refractivity (Wildman–Crippen MR) is 62.8 cm³/mol. The Morgan fingerprint density at radius 1 is 1.13 bits per heavy atom. The van der Waals surface area contributed by atoms with Crippen molar-refractivity contribution in [2.75, 3.05) is 0 Å². The molecule has 2 aliphatic rings. The van der Waals surface area contributed by atoms with Crippen LogP contribution in [0.5, 0.6) is 0 Å². The van der Waals surface area contributed by atoms with Gasteiger partial charge in [0.1, 0.15) is 0 Å². The fourth-order valence-electron chi connectivity index (χ4n) is 3.02. The van der Waals surface area contributed by atoms with Crippen molar-refractivity contribution >= 4 is 21.7 Å². The number of halogens is 1. The van der Waals surface area contributed by atoms with Gasteiger partial charge in [0.15, 0.2) is 5.78 Å². The van der Waals surface area contributed by atoms with E-state index < -0.39 is 0 Å². The van der Waals surface area contributed by atoms with E-state index in [-0.39, 0.29) is 0 Å². The van der Waals surface area contributed by atoms with Crippen molar-refractivity contribution < 1.29 is 4.79 Å². The lowest BCUT2D eigenvalue weighted by Gasteiger charge is -2.02. The average Bonchev–Trinajstić information content (AvgIpc) is 2.72. The van der Waals surface area contributed by atoms with E-state index in [9.17, 15) is 4.79 Å². The standard InChI is InChI=1S/C13H13BrO/c14-9-6-4-8(5-7-9)13(15)12-10-2-1-3-11(10)12/h4-7,10-12H,1-3H2. The first-order valence-electron chi connectivity index (χ1n) is 5.57. The molecule has 0 N–H and O–H groups in total. The number of benzene rings is 1. The molecule has 0 radical (unpaired) electrons. The van der Waals surface area contributed by atoms with Crippen LogP contribution in [0.2, 0.25) is 0 Å². The number of carbonyl (C=O) groups is 1. The zero-order chi connectivity index (χ0) is 10.4. The zero-order valence-corrected chi connectivity index (χ0v) is 10.0. The van der Waals surface area contributed by atoms with Gasteiger partial charge in [0.25, 0.3) is 0 Å². The van der Waals surface area contributed by atoms with Gasteiger partial charge in [-0.3, -0.25) is 4.79 Å². The van der Waals surface area contributed by atoms with Crippen molar-refractivity contribution in [2.24, 2.45) is 17.8 Å². The number of hydrogen-bond acceptors (Lipinski definition) is 1. The van der Waals surface area contributed by atoms with Crippen LogP contribution in [-0.2, 0) is 0 Å². The van der Waals surface area contributed by atoms with E-state index in [0.29, 0.717) is 11.7 Å². The topological polar surface area (TPSA) is 17.1 Å². The van der Waals surface area contributed by atoms with Crippen LogP contribution < -0.4 is 0 Å². The van der Waals surface area contributed by atoms with Gasteiger partial charge in [0.2, 0.25) is 0 Å². The molecule has 78 valence electrons. The minimum Gasteiger partial charge on any atom is -0.294 e. The van der Waals surface area contributed by atoms with Crippen molar-refractivity contribution in [2.45, 2.75) is 19.3 Å². The first kappa shape index (κ1) is 9.59. The Labute approximate surface area is 98.0 Å². The lowest BCUT2D eigenvalue weighted by Crippen LogP contribution is -2.05. The van der Waals surface area contributed by atoms with Crippen LogP contribution in [0, 0.1) is 17.8 Å². The zero-order valence-electron chi connectivity index (χ0n) is 8.45. The third kappa shape index (κ3) is 1.55. The van der Waals surface area contributed by atoms with Crippen LogP contribution >= 0.6 is 15.9 Å².